The van der Waals surface area contributed by atoms with Gasteiger partial charge in [0.15, 0.2) is 0 Å². The SMILES string of the molecule is COCCNc1ccc2scnc2c1N. The van der Waals surface area contributed by atoms with Crippen LogP contribution >= 0.6 is 11.3 Å². The molecule has 5 heteroatoms. The minimum absolute atomic E-state index is 0.661. The number of fused-ring (bicyclic) bond motifs is 1. The highest BCUT2D eigenvalue weighted by molar-refractivity contribution is 7.16. The lowest BCUT2D eigenvalue weighted by Crippen LogP contribution is -2.09. The van der Waals surface area contributed by atoms with Gasteiger partial charge in [-0.25, -0.2) is 4.98 Å². The lowest BCUT2D eigenvalue weighted by molar-refractivity contribution is 0.211. The highest BCUT2D eigenvalue weighted by atomic mass is 32.1. The van der Waals surface area contributed by atoms with E-state index >= 15 is 0 Å². The van der Waals surface area contributed by atoms with E-state index in [0.717, 1.165) is 22.4 Å². The summed E-state index contributed by atoms with van der Waals surface area (Å²) in [5, 5.41) is 3.21. The summed E-state index contributed by atoms with van der Waals surface area (Å²) in [7, 11) is 1.68. The number of ether oxygens (including phenoxy) is 1. The molecule has 80 valence electrons. The van der Waals surface area contributed by atoms with Crippen molar-refractivity contribution < 1.29 is 4.74 Å². The summed E-state index contributed by atoms with van der Waals surface area (Å²) in [6.45, 7) is 1.41. The predicted octanol–water partition coefficient (Wildman–Crippen LogP) is 1.94. The van der Waals surface area contributed by atoms with Crippen molar-refractivity contribution in [1.29, 1.82) is 0 Å². The smallest absolute Gasteiger partial charge is 0.106 e. The number of hydrogen-bond donors (Lipinski definition) is 2. The Morgan fingerprint density at radius 2 is 2.40 bits per heavy atom. The monoisotopic (exact) mass is 223 g/mol. The molecule has 2 rings (SSSR count). The van der Waals surface area contributed by atoms with Gasteiger partial charge in [0.25, 0.3) is 0 Å². The van der Waals surface area contributed by atoms with Gasteiger partial charge in [0, 0.05) is 13.7 Å². The van der Waals surface area contributed by atoms with E-state index in [9.17, 15) is 0 Å². The Morgan fingerprint density at radius 1 is 1.53 bits per heavy atom. The molecule has 0 amide bonds. The van der Waals surface area contributed by atoms with E-state index in [4.69, 9.17) is 10.5 Å². The van der Waals surface area contributed by atoms with Gasteiger partial charge < -0.3 is 15.8 Å². The fourth-order valence-electron chi connectivity index (χ4n) is 1.39. The third-order valence-corrected chi connectivity index (χ3v) is 2.96. The molecule has 0 spiro atoms. The van der Waals surface area contributed by atoms with Crippen molar-refractivity contribution >= 4 is 32.9 Å². The third-order valence-electron chi connectivity index (χ3n) is 2.16. The third kappa shape index (κ3) is 2.03. The molecule has 1 aromatic carbocycles. The number of nitrogens with zero attached hydrogens (tertiary/aromatic N) is 1. The van der Waals surface area contributed by atoms with Gasteiger partial charge in [0.05, 0.1) is 28.2 Å². The van der Waals surface area contributed by atoms with Crippen LogP contribution < -0.4 is 11.1 Å². The summed E-state index contributed by atoms with van der Waals surface area (Å²) in [6.07, 6.45) is 0. The first kappa shape index (κ1) is 10.2. The number of rotatable bonds is 4. The summed E-state index contributed by atoms with van der Waals surface area (Å²) < 4.78 is 6.07. The maximum atomic E-state index is 5.99. The van der Waals surface area contributed by atoms with Crippen LogP contribution in [0.4, 0.5) is 11.4 Å². The van der Waals surface area contributed by atoms with Crippen molar-refractivity contribution in [2.45, 2.75) is 0 Å². The average Bonchev–Trinajstić information content (AvgIpc) is 2.70. The van der Waals surface area contributed by atoms with E-state index in [1.165, 1.54) is 0 Å². The molecule has 0 saturated carbocycles. The summed E-state index contributed by atoms with van der Waals surface area (Å²) in [5.41, 5.74) is 10.3. The van der Waals surface area contributed by atoms with Gasteiger partial charge >= 0.3 is 0 Å². The van der Waals surface area contributed by atoms with Crippen LogP contribution in [0.2, 0.25) is 0 Å². The first-order valence-electron chi connectivity index (χ1n) is 4.67. The Labute approximate surface area is 92.1 Å². The fourth-order valence-corrected chi connectivity index (χ4v) is 2.09. The molecule has 0 bridgehead atoms. The number of hydrogen-bond acceptors (Lipinski definition) is 5. The number of aromatic nitrogens is 1. The molecule has 15 heavy (non-hydrogen) atoms. The van der Waals surface area contributed by atoms with Gasteiger partial charge in [0.2, 0.25) is 0 Å². The molecule has 0 radical (unpaired) electrons. The maximum Gasteiger partial charge on any atom is 0.106 e. The molecule has 0 unspecified atom stereocenters. The number of nitrogen functional groups attached to an aromatic ring is 1. The Bertz CT molecular complexity index is 455. The predicted molar refractivity (Wildman–Crippen MR) is 64.4 cm³/mol. The van der Waals surface area contributed by atoms with Gasteiger partial charge in [0.1, 0.15) is 5.52 Å². The molecule has 1 heterocycles. The molecular formula is C10H13N3OS. The molecule has 0 aliphatic carbocycles. The number of thiazole rings is 1. The second-order valence-corrected chi connectivity index (χ2v) is 4.03. The van der Waals surface area contributed by atoms with Crippen molar-refractivity contribution in [3.63, 3.8) is 0 Å². The normalized spacial score (nSPS) is 10.7. The molecule has 0 atom stereocenters. The second-order valence-electron chi connectivity index (χ2n) is 3.15. The zero-order chi connectivity index (χ0) is 10.7. The highest BCUT2D eigenvalue weighted by Gasteiger charge is 2.05. The topological polar surface area (TPSA) is 60.2 Å². The van der Waals surface area contributed by atoms with Crippen LogP contribution in [0.3, 0.4) is 0 Å². The minimum atomic E-state index is 0.661. The molecule has 2 aromatic rings. The largest absolute Gasteiger partial charge is 0.395 e. The molecule has 0 aliphatic rings. The Hall–Kier alpha value is -1.33. The van der Waals surface area contributed by atoms with Crippen LogP contribution in [-0.4, -0.2) is 25.2 Å². The van der Waals surface area contributed by atoms with Crippen molar-refractivity contribution in [2.24, 2.45) is 0 Å². The zero-order valence-corrected chi connectivity index (χ0v) is 9.30. The molecule has 0 aliphatic heterocycles. The maximum absolute atomic E-state index is 5.99. The van der Waals surface area contributed by atoms with E-state index in [1.807, 2.05) is 12.1 Å². The van der Waals surface area contributed by atoms with Crippen molar-refractivity contribution in [1.82, 2.24) is 4.98 Å². The van der Waals surface area contributed by atoms with Gasteiger partial charge in [-0.3, -0.25) is 0 Å². The van der Waals surface area contributed by atoms with E-state index in [-0.39, 0.29) is 0 Å². The second kappa shape index (κ2) is 4.46. The zero-order valence-electron chi connectivity index (χ0n) is 8.49. The Morgan fingerprint density at radius 3 is 3.20 bits per heavy atom. The van der Waals surface area contributed by atoms with Crippen LogP contribution in [0.1, 0.15) is 0 Å². The first-order chi connectivity index (χ1) is 7.33. The van der Waals surface area contributed by atoms with Crippen molar-refractivity contribution in [2.75, 3.05) is 31.3 Å². The summed E-state index contributed by atoms with van der Waals surface area (Å²) in [5.74, 6) is 0. The molecular weight excluding hydrogens is 210 g/mol. The van der Waals surface area contributed by atoms with Gasteiger partial charge in [-0.05, 0) is 12.1 Å². The van der Waals surface area contributed by atoms with Gasteiger partial charge in [-0.1, -0.05) is 0 Å². The summed E-state index contributed by atoms with van der Waals surface area (Å²) in [6, 6.07) is 4.00. The van der Waals surface area contributed by atoms with E-state index in [2.05, 4.69) is 10.3 Å². The van der Waals surface area contributed by atoms with Crippen LogP contribution in [0, 0.1) is 0 Å². The quantitative estimate of drug-likeness (QED) is 0.614. The van der Waals surface area contributed by atoms with Crippen molar-refractivity contribution in [3.8, 4) is 0 Å². The summed E-state index contributed by atoms with van der Waals surface area (Å²) >= 11 is 1.59. The molecule has 3 N–H and O–H groups in total. The average molecular weight is 223 g/mol. The van der Waals surface area contributed by atoms with Crippen LogP contribution in [-0.2, 0) is 4.74 Å². The van der Waals surface area contributed by atoms with E-state index in [0.29, 0.717) is 12.3 Å². The van der Waals surface area contributed by atoms with Crippen molar-refractivity contribution in [3.05, 3.63) is 17.6 Å². The molecule has 0 saturated heterocycles. The molecule has 0 fully saturated rings. The summed E-state index contributed by atoms with van der Waals surface area (Å²) in [4.78, 5) is 4.23. The van der Waals surface area contributed by atoms with E-state index in [1.54, 1.807) is 24.0 Å². The van der Waals surface area contributed by atoms with Crippen LogP contribution in [0.25, 0.3) is 10.2 Å². The number of methoxy groups -OCH3 is 1. The standard InChI is InChI=1S/C10H13N3OS/c1-14-5-4-12-7-2-3-8-10(9(7)11)13-6-15-8/h2-3,6,12H,4-5,11H2,1H3. The van der Waals surface area contributed by atoms with E-state index < -0.39 is 0 Å². The number of nitrogens with two attached hydrogens (primary N) is 1. The van der Waals surface area contributed by atoms with Gasteiger partial charge in [-0.2, -0.15) is 0 Å². The minimum Gasteiger partial charge on any atom is -0.395 e. The number of benzene rings is 1. The van der Waals surface area contributed by atoms with Crippen LogP contribution in [0.5, 0.6) is 0 Å². The first-order valence-corrected chi connectivity index (χ1v) is 5.55. The van der Waals surface area contributed by atoms with Crippen LogP contribution in [0.15, 0.2) is 17.6 Å². The number of nitrogens with one attached hydrogen (secondary N) is 1. The van der Waals surface area contributed by atoms with Gasteiger partial charge in [-0.15, -0.1) is 11.3 Å². The lowest BCUT2D eigenvalue weighted by atomic mass is 10.2. The molecule has 4 nitrogen and oxygen atoms in total. The Balaban J connectivity index is 2.23. The highest BCUT2D eigenvalue weighted by Crippen LogP contribution is 2.29. The lowest BCUT2D eigenvalue weighted by Gasteiger charge is -2.08. The number of anilines is 2. The fraction of sp³-hybridized carbons (Fsp3) is 0.300. The molecule has 1 aromatic heterocycles. The Kier molecular flexibility index (Phi) is 3.03.